The summed E-state index contributed by atoms with van der Waals surface area (Å²) in [6.45, 7) is 7.26. The van der Waals surface area contributed by atoms with Crippen molar-refractivity contribution in [1.82, 2.24) is 9.97 Å². The van der Waals surface area contributed by atoms with Gasteiger partial charge in [0.15, 0.2) is 0 Å². The molecule has 3 atom stereocenters. The van der Waals surface area contributed by atoms with Gasteiger partial charge in [0, 0.05) is 26.3 Å². The van der Waals surface area contributed by atoms with Crippen LogP contribution in [0.15, 0.2) is 12.3 Å². The van der Waals surface area contributed by atoms with Gasteiger partial charge in [0.2, 0.25) is 5.95 Å². The van der Waals surface area contributed by atoms with Gasteiger partial charge in [-0.1, -0.05) is 20.8 Å². The molecule has 1 heterocycles. The highest BCUT2D eigenvalue weighted by Gasteiger charge is 2.59. The van der Waals surface area contributed by atoms with Gasteiger partial charge in [0.1, 0.15) is 5.82 Å². The van der Waals surface area contributed by atoms with Crippen LogP contribution < -0.4 is 10.2 Å². The Morgan fingerprint density at radius 1 is 1.30 bits per heavy atom. The molecule has 110 valence electrons. The Bertz CT molecular complexity index is 506. The van der Waals surface area contributed by atoms with Crippen LogP contribution in [0.4, 0.5) is 11.8 Å². The zero-order valence-corrected chi connectivity index (χ0v) is 13.3. The Balaban J connectivity index is 1.86. The molecule has 0 aromatic carbocycles. The summed E-state index contributed by atoms with van der Waals surface area (Å²) in [7, 11) is 3.95. The standard InChI is InChI=1S/C16H26N4/c1-15(2)11-6-8-16(3,10-11)13(15)18-12-7-9-17-14(19-12)20(4)5/h7,9,11,13H,6,8,10H2,1-5H3,(H,17,18,19). The molecule has 4 nitrogen and oxygen atoms in total. The topological polar surface area (TPSA) is 41.1 Å². The first-order valence-electron chi connectivity index (χ1n) is 7.60. The number of aromatic nitrogens is 2. The van der Waals surface area contributed by atoms with E-state index < -0.39 is 0 Å². The molecule has 1 aromatic heterocycles. The van der Waals surface area contributed by atoms with Gasteiger partial charge in [-0.25, -0.2) is 4.98 Å². The van der Waals surface area contributed by atoms with E-state index in [1.165, 1.54) is 19.3 Å². The number of nitrogens with zero attached hydrogens (tertiary/aromatic N) is 3. The normalized spacial score (nSPS) is 34.2. The van der Waals surface area contributed by atoms with Gasteiger partial charge in [-0.2, -0.15) is 4.98 Å². The molecule has 2 saturated carbocycles. The van der Waals surface area contributed by atoms with Crippen LogP contribution in [0.5, 0.6) is 0 Å². The Labute approximate surface area is 122 Å². The predicted octanol–water partition coefficient (Wildman–Crippen LogP) is 3.17. The maximum atomic E-state index is 4.62. The van der Waals surface area contributed by atoms with Crippen LogP contribution in [-0.4, -0.2) is 30.1 Å². The number of hydrogen-bond donors (Lipinski definition) is 1. The number of anilines is 2. The largest absolute Gasteiger partial charge is 0.366 e. The molecule has 2 bridgehead atoms. The van der Waals surface area contributed by atoms with E-state index in [4.69, 9.17) is 0 Å². The first-order chi connectivity index (χ1) is 9.33. The molecule has 1 N–H and O–H groups in total. The molecule has 20 heavy (non-hydrogen) atoms. The molecule has 0 amide bonds. The predicted molar refractivity (Wildman–Crippen MR) is 83.0 cm³/mol. The summed E-state index contributed by atoms with van der Waals surface area (Å²) in [5, 5.41) is 3.72. The van der Waals surface area contributed by atoms with Crippen molar-refractivity contribution in [2.24, 2.45) is 16.7 Å². The van der Waals surface area contributed by atoms with Gasteiger partial charge in [0.05, 0.1) is 0 Å². The molecular formula is C16H26N4. The number of nitrogens with one attached hydrogen (secondary N) is 1. The maximum absolute atomic E-state index is 4.62. The molecule has 0 radical (unpaired) electrons. The monoisotopic (exact) mass is 274 g/mol. The molecule has 2 aliphatic rings. The molecule has 4 heteroatoms. The van der Waals surface area contributed by atoms with Crippen LogP contribution in [0.25, 0.3) is 0 Å². The fraction of sp³-hybridized carbons (Fsp3) is 0.750. The summed E-state index contributed by atoms with van der Waals surface area (Å²) in [5.41, 5.74) is 0.758. The van der Waals surface area contributed by atoms with E-state index in [0.29, 0.717) is 16.9 Å². The SMILES string of the molecule is CN(C)c1nccc(NC2C3(C)CCC(C3)C2(C)C)n1. The lowest BCUT2D eigenvalue weighted by Crippen LogP contribution is -2.46. The summed E-state index contributed by atoms with van der Waals surface area (Å²) >= 11 is 0. The van der Waals surface area contributed by atoms with Gasteiger partial charge < -0.3 is 10.2 Å². The summed E-state index contributed by atoms with van der Waals surface area (Å²) in [6, 6.07) is 2.48. The van der Waals surface area contributed by atoms with Gasteiger partial charge in [-0.05, 0) is 42.1 Å². The van der Waals surface area contributed by atoms with Crippen LogP contribution in [-0.2, 0) is 0 Å². The molecule has 3 unspecified atom stereocenters. The first-order valence-corrected chi connectivity index (χ1v) is 7.60. The quantitative estimate of drug-likeness (QED) is 0.919. The minimum Gasteiger partial charge on any atom is -0.366 e. The molecule has 1 aromatic rings. The van der Waals surface area contributed by atoms with Crippen molar-refractivity contribution in [3.63, 3.8) is 0 Å². The van der Waals surface area contributed by atoms with Crippen molar-refractivity contribution >= 4 is 11.8 Å². The van der Waals surface area contributed by atoms with E-state index in [0.717, 1.165) is 17.7 Å². The van der Waals surface area contributed by atoms with Crippen molar-refractivity contribution in [3.05, 3.63) is 12.3 Å². The van der Waals surface area contributed by atoms with Crippen LogP contribution in [0.3, 0.4) is 0 Å². The van der Waals surface area contributed by atoms with Crippen LogP contribution >= 0.6 is 0 Å². The second kappa shape index (κ2) is 4.34. The summed E-state index contributed by atoms with van der Waals surface area (Å²) in [5.74, 6) is 2.57. The second-order valence-corrected chi connectivity index (χ2v) is 7.63. The molecule has 3 rings (SSSR count). The fourth-order valence-corrected chi connectivity index (χ4v) is 4.45. The highest BCUT2D eigenvalue weighted by atomic mass is 15.2. The van der Waals surface area contributed by atoms with Gasteiger partial charge >= 0.3 is 0 Å². The van der Waals surface area contributed by atoms with Gasteiger partial charge in [-0.15, -0.1) is 0 Å². The minimum atomic E-state index is 0.343. The molecule has 2 fully saturated rings. The number of rotatable bonds is 3. The third-order valence-electron chi connectivity index (χ3n) is 5.60. The van der Waals surface area contributed by atoms with E-state index >= 15 is 0 Å². The highest BCUT2D eigenvalue weighted by Crippen LogP contribution is 2.63. The first kappa shape index (κ1) is 13.7. The lowest BCUT2D eigenvalue weighted by Gasteiger charge is -2.43. The average molecular weight is 274 g/mol. The Kier molecular flexibility index (Phi) is 2.96. The van der Waals surface area contributed by atoms with E-state index in [2.05, 4.69) is 36.1 Å². The van der Waals surface area contributed by atoms with Crippen LogP contribution in [0.2, 0.25) is 0 Å². The van der Waals surface area contributed by atoms with E-state index in [-0.39, 0.29) is 0 Å². The molecule has 0 aliphatic heterocycles. The van der Waals surface area contributed by atoms with Crippen molar-refractivity contribution in [2.45, 2.75) is 46.1 Å². The lowest BCUT2D eigenvalue weighted by atomic mass is 9.68. The zero-order chi connectivity index (χ0) is 14.5. The fourth-order valence-electron chi connectivity index (χ4n) is 4.45. The van der Waals surface area contributed by atoms with Crippen molar-refractivity contribution in [3.8, 4) is 0 Å². The van der Waals surface area contributed by atoms with E-state index in [9.17, 15) is 0 Å². The van der Waals surface area contributed by atoms with E-state index in [1.54, 1.807) is 0 Å². The molecule has 0 spiro atoms. The third-order valence-corrected chi connectivity index (χ3v) is 5.60. The number of hydrogen-bond acceptors (Lipinski definition) is 4. The summed E-state index contributed by atoms with van der Waals surface area (Å²) in [6.07, 6.45) is 5.91. The lowest BCUT2D eigenvalue weighted by molar-refractivity contribution is 0.155. The number of fused-ring (bicyclic) bond motifs is 2. The molecule has 0 saturated heterocycles. The van der Waals surface area contributed by atoms with Gasteiger partial charge in [0.25, 0.3) is 0 Å². The van der Waals surface area contributed by atoms with Crippen LogP contribution in [0.1, 0.15) is 40.0 Å². The van der Waals surface area contributed by atoms with Crippen molar-refractivity contribution < 1.29 is 0 Å². The average Bonchev–Trinajstić information content (AvgIpc) is 2.86. The maximum Gasteiger partial charge on any atom is 0.226 e. The Hall–Kier alpha value is -1.32. The van der Waals surface area contributed by atoms with Crippen LogP contribution in [0, 0.1) is 16.7 Å². The van der Waals surface area contributed by atoms with Crippen molar-refractivity contribution in [1.29, 1.82) is 0 Å². The Morgan fingerprint density at radius 2 is 2.05 bits per heavy atom. The summed E-state index contributed by atoms with van der Waals surface area (Å²) in [4.78, 5) is 10.9. The minimum absolute atomic E-state index is 0.343. The highest BCUT2D eigenvalue weighted by molar-refractivity contribution is 5.43. The third kappa shape index (κ3) is 1.97. The Morgan fingerprint density at radius 3 is 2.65 bits per heavy atom. The van der Waals surface area contributed by atoms with Crippen molar-refractivity contribution in [2.75, 3.05) is 24.3 Å². The second-order valence-electron chi connectivity index (χ2n) is 7.63. The smallest absolute Gasteiger partial charge is 0.226 e. The zero-order valence-electron chi connectivity index (χ0n) is 13.3. The molecule has 2 aliphatic carbocycles. The van der Waals surface area contributed by atoms with Gasteiger partial charge in [-0.3, -0.25) is 0 Å². The molecular weight excluding hydrogens is 248 g/mol. The van der Waals surface area contributed by atoms with E-state index in [1.807, 2.05) is 31.3 Å². The summed E-state index contributed by atoms with van der Waals surface area (Å²) < 4.78 is 0.